The molecule has 13 nitrogen and oxygen atoms in total. The second-order valence-corrected chi connectivity index (χ2v) is 7.98. The molecule has 196 valence electrons. The molecule has 0 unspecified atom stereocenters. The van der Waals surface area contributed by atoms with Gasteiger partial charge in [0.15, 0.2) is 0 Å². The van der Waals surface area contributed by atoms with Gasteiger partial charge < -0.3 is 37.0 Å². The average Bonchev–Trinajstić information content (AvgIpc) is 2.84. The van der Waals surface area contributed by atoms with Crippen molar-refractivity contribution in [1.29, 1.82) is 5.41 Å². The van der Waals surface area contributed by atoms with E-state index in [0.717, 1.165) is 0 Å². The number of amides is 3. The van der Waals surface area contributed by atoms with E-state index >= 15 is 0 Å². The summed E-state index contributed by atoms with van der Waals surface area (Å²) in [4.78, 5) is 60.0. The van der Waals surface area contributed by atoms with E-state index < -0.39 is 48.2 Å². The zero-order valence-corrected chi connectivity index (χ0v) is 19.6. The first kappa shape index (κ1) is 28.3. The smallest absolute Gasteiger partial charge is 0.326 e. The minimum Gasteiger partial charge on any atom is -0.508 e. The Balaban J connectivity index is 1.93. The third-order valence-corrected chi connectivity index (χ3v) is 5.12. The lowest BCUT2D eigenvalue weighted by Crippen LogP contribution is -2.53. The number of carboxylic acid groups (broad SMARTS) is 2. The molecule has 9 N–H and O–H groups in total. The molecule has 0 heterocycles. The topological polar surface area (TPSA) is 232 Å². The molecule has 0 saturated carbocycles. The number of benzene rings is 2. The molecule has 2 aromatic carbocycles. The third kappa shape index (κ3) is 9.32. The summed E-state index contributed by atoms with van der Waals surface area (Å²) in [5, 5.41) is 42.3. The zero-order chi connectivity index (χ0) is 27.5. The van der Waals surface area contributed by atoms with E-state index in [0.29, 0.717) is 11.1 Å². The van der Waals surface area contributed by atoms with E-state index in [2.05, 4.69) is 16.0 Å². The maximum atomic E-state index is 12.6. The molecule has 3 amide bonds. The summed E-state index contributed by atoms with van der Waals surface area (Å²) < 4.78 is 0. The number of nitrogens with one attached hydrogen (secondary N) is 4. The Bertz CT molecular complexity index is 1160. The van der Waals surface area contributed by atoms with Gasteiger partial charge in [-0.25, -0.2) is 4.79 Å². The first-order valence-electron chi connectivity index (χ1n) is 11.0. The first-order chi connectivity index (χ1) is 17.5. The van der Waals surface area contributed by atoms with Crippen LogP contribution in [0.15, 0.2) is 48.5 Å². The number of aliphatic carboxylic acids is 2. The molecule has 0 bridgehead atoms. The van der Waals surface area contributed by atoms with Gasteiger partial charge in [0.25, 0.3) is 5.91 Å². The molecule has 0 radical (unpaired) electrons. The highest BCUT2D eigenvalue weighted by molar-refractivity contribution is 5.98. The van der Waals surface area contributed by atoms with Gasteiger partial charge in [0.05, 0.1) is 6.42 Å². The number of nitrogens with two attached hydrogens (primary N) is 1. The number of nitrogen functional groups attached to an aromatic ring is 1. The minimum atomic E-state index is -1.55. The SMILES string of the molecule is N=C(N)c1ccc(C(=O)NCCC(=O)N[C@@H](CC(=O)O)C(=O)N[C@@H](Cc2ccc(O)cc2)C(=O)O)cc1. The summed E-state index contributed by atoms with van der Waals surface area (Å²) >= 11 is 0. The molecule has 2 aromatic rings. The minimum absolute atomic E-state index is 0.0222. The highest BCUT2D eigenvalue weighted by Gasteiger charge is 2.28. The second-order valence-electron chi connectivity index (χ2n) is 7.98. The van der Waals surface area contributed by atoms with Crippen LogP contribution in [0.1, 0.15) is 34.3 Å². The average molecular weight is 514 g/mol. The Kier molecular flexibility index (Phi) is 10.1. The van der Waals surface area contributed by atoms with Gasteiger partial charge in [-0.05, 0) is 29.8 Å². The van der Waals surface area contributed by atoms with E-state index in [9.17, 15) is 34.2 Å². The predicted molar refractivity (Wildman–Crippen MR) is 130 cm³/mol. The number of carbonyl (C=O) groups is 5. The summed E-state index contributed by atoms with van der Waals surface area (Å²) in [6.45, 7) is -0.126. The van der Waals surface area contributed by atoms with Gasteiger partial charge >= 0.3 is 11.9 Å². The number of rotatable bonds is 13. The van der Waals surface area contributed by atoms with Gasteiger partial charge in [-0.3, -0.25) is 24.6 Å². The number of hydrogen-bond acceptors (Lipinski definition) is 7. The first-order valence-corrected chi connectivity index (χ1v) is 11.0. The standard InChI is InChI=1S/C24H27N5O8/c25-21(26)14-3-5-15(6-4-14)22(34)27-10-9-19(31)28-17(12-20(32)33)23(35)29-18(24(36)37)11-13-1-7-16(30)8-2-13/h1-8,17-18,30H,9-12H2,(H3,25,26)(H,27,34)(H,28,31)(H,29,35)(H,32,33)(H,36,37)/t17-,18-/m0/s1. The van der Waals surface area contributed by atoms with Crippen LogP contribution < -0.4 is 21.7 Å². The van der Waals surface area contributed by atoms with Crippen LogP contribution in [0.25, 0.3) is 0 Å². The van der Waals surface area contributed by atoms with Gasteiger partial charge in [-0.15, -0.1) is 0 Å². The monoisotopic (exact) mass is 513 g/mol. The number of amidine groups is 1. The molecule has 0 aromatic heterocycles. The van der Waals surface area contributed by atoms with E-state index in [1.54, 1.807) is 0 Å². The van der Waals surface area contributed by atoms with Crippen molar-refractivity contribution in [2.45, 2.75) is 31.3 Å². The maximum absolute atomic E-state index is 12.6. The molecule has 0 fully saturated rings. The van der Waals surface area contributed by atoms with Crippen molar-refractivity contribution in [3.63, 3.8) is 0 Å². The molecule has 13 heteroatoms. The normalized spacial score (nSPS) is 12.0. The fourth-order valence-electron chi connectivity index (χ4n) is 3.18. The quantitative estimate of drug-likeness (QED) is 0.128. The van der Waals surface area contributed by atoms with Crippen LogP contribution in [0, 0.1) is 5.41 Å². The zero-order valence-electron chi connectivity index (χ0n) is 19.6. The summed E-state index contributed by atoms with van der Waals surface area (Å²) in [5.74, 6) is -5.18. The summed E-state index contributed by atoms with van der Waals surface area (Å²) in [5.41, 5.74) is 6.56. The second kappa shape index (κ2) is 13.2. The molecular formula is C24H27N5O8. The summed E-state index contributed by atoms with van der Waals surface area (Å²) in [6, 6.07) is 8.57. The fourth-order valence-corrected chi connectivity index (χ4v) is 3.18. The largest absolute Gasteiger partial charge is 0.508 e. The van der Waals surface area contributed by atoms with Gasteiger partial charge in [-0.2, -0.15) is 0 Å². The van der Waals surface area contributed by atoms with E-state index in [-0.39, 0.29) is 36.5 Å². The fraction of sp³-hybridized carbons (Fsp3) is 0.250. The molecule has 0 aliphatic heterocycles. The number of aromatic hydroxyl groups is 1. The molecule has 0 saturated heterocycles. The molecule has 2 rings (SSSR count). The Labute approximate surface area is 211 Å². The van der Waals surface area contributed by atoms with Gasteiger partial charge in [-0.1, -0.05) is 24.3 Å². The van der Waals surface area contributed by atoms with Crippen molar-refractivity contribution in [2.24, 2.45) is 5.73 Å². The van der Waals surface area contributed by atoms with Crippen LogP contribution >= 0.6 is 0 Å². The molecule has 0 aliphatic carbocycles. The Morgan fingerprint density at radius 1 is 0.865 bits per heavy atom. The maximum Gasteiger partial charge on any atom is 0.326 e. The van der Waals surface area contributed by atoms with Crippen LogP contribution in [0.5, 0.6) is 5.75 Å². The molecular weight excluding hydrogens is 486 g/mol. The molecule has 37 heavy (non-hydrogen) atoms. The highest BCUT2D eigenvalue weighted by Crippen LogP contribution is 2.12. The van der Waals surface area contributed by atoms with Crippen LogP contribution in [0.2, 0.25) is 0 Å². The van der Waals surface area contributed by atoms with Gasteiger partial charge in [0.2, 0.25) is 11.8 Å². The van der Waals surface area contributed by atoms with Crippen LogP contribution in [0.3, 0.4) is 0 Å². The highest BCUT2D eigenvalue weighted by atomic mass is 16.4. The van der Waals surface area contributed by atoms with E-state index in [1.165, 1.54) is 48.5 Å². The summed E-state index contributed by atoms with van der Waals surface area (Å²) in [7, 11) is 0. The number of carboxylic acids is 2. The Morgan fingerprint density at radius 2 is 1.46 bits per heavy atom. The van der Waals surface area contributed by atoms with Crippen LogP contribution in [0.4, 0.5) is 0 Å². The predicted octanol–water partition coefficient (Wildman–Crippen LogP) is -0.432. The van der Waals surface area contributed by atoms with E-state index in [4.69, 9.17) is 16.2 Å². The van der Waals surface area contributed by atoms with Crippen molar-refractivity contribution >= 4 is 35.5 Å². The van der Waals surface area contributed by atoms with Gasteiger partial charge in [0, 0.05) is 30.5 Å². The number of hydrogen-bond donors (Lipinski definition) is 8. The third-order valence-electron chi connectivity index (χ3n) is 5.12. The molecule has 0 spiro atoms. The number of phenolic OH excluding ortho intramolecular Hbond substituents is 1. The van der Waals surface area contributed by atoms with Gasteiger partial charge in [0.1, 0.15) is 23.7 Å². The van der Waals surface area contributed by atoms with Crippen molar-refractivity contribution in [3.05, 3.63) is 65.2 Å². The number of phenols is 1. The van der Waals surface area contributed by atoms with E-state index in [1.807, 2.05) is 0 Å². The number of carbonyl (C=O) groups excluding carboxylic acids is 3. The molecule has 2 atom stereocenters. The lowest BCUT2D eigenvalue weighted by molar-refractivity contribution is -0.143. The Morgan fingerprint density at radius 3 is 2.00 bits per heavy atom. The van der Waals surface area contributed by atoms with Crippen LogP contribution in [-0.2, 0) is 25.6 Å². The van der Waals surface area contributed by atoms with Crippen molar-refractivity contribution in [3.8, 4) is 5.75 Å². The lowest BCUT2D eigenvalue weighted by Gasteiger charge is -2.20. The molecule has 0 aliphatic rings. The van der Waals surface area contributed by atoms with Crippen molar-refractivity contribution in [2.75, 3.05) is 6.54 Å². The van der Waals surface area contributed by atoms with Crippen molar-refractivity contribution < 1.29 is 39.3 Å². The summed E-state index contributed by atoms with van der Waals surface area (Å²) in [6.07, 6.45) is -1.22. The van der Waals surface area contributed by atoms with Crippen LogP contribution in [-0.4, -0.2) is 69.4 Å². The lowest BCUT2D eigenvalue weighted by atomic mass is 10.0. The van der Waals surface area contributed by atoms with Crippen molar-refractivity contribution in [1.82, 2.24) is 16.0 Å². The Hall–Kier alpha value is -4.94.